The highest BCUT2D eigenvalue weighted by molar-refractivity contribution is 6.32. The largest absolute Gasteiger partial charge is 0.495 e. The van der Waals surface area contributed by atoms with E-state index >= 15 is 0 Å². The molecule has 1 fully saturated rings. The Balaban J connectivity index is 2.33. The fourth-order valence-corrected chi connectivity index (χ4v) is 2.94. The van der Waals surface area contributed by atoms with Crippen LogP contribution >= 0.6 is 23.2 Å². The summed E-state index contributed by atoms with van der Waals surface area (Å²) in [7, 11) is 1.62. The SMILES string of the molecule is COc1ccc(C2(CCl)CCOCC2)cc1Cl. The zero-order valence-corrected chi connectivity index (χ0v) is 11.4. The maximum absolute atomic E-state index is 6.17. The average molecular weight is 275 g/mol. The van der Waals surface area contributed by atoms with Crippen molar-refractivity contribution < 1.29 is 9.47 Å². The molecule has 0 saturated carbocycles. The third-order valence-corrected chi connectivity index (χ3v) is 4.28. The van der Waals surface area contributed by atoms with Gasteiger partial charge in [0.15, 0.2) is 0 Å². The van der Waals surface area contributed by atoms with Gasteiger partial charge in [-0.3, -0.25) is 0 Å². The van der Waals surface area contributed by atoms with Crippen LogP contribution in [0, 0.1) is 0 Å². The van der Waals surface area contributed by atoms with Crippen LogP contribution in [0.2, 0.25) is 5.02 Å². The molecular weight excluding hydrogens is 259 g/mol. The molecule has 0 aromatic heterocycles. The number of hydrogen-bond donors (Lipinski definition) is 0. The number of benzene rings is 1. The van der Waals surface area contributed by atoms with Crippen LogP contribution in [0.15, 0.2) is 18.2 Å². The zero-order valence-electron chi connectivity index (χ0n) is 9.84. The molecule has 0 amide bonds. The van der Waals surface area contributed by atoms with E-state index in [1.807, 2.05) is 12.1 Å². The molecule has 94 valence electrons. The van der Waals surface area contributed by atoms with Gasteiger partial charge in [0, 0.05) is 24.5 Å². The third kappa shape index (κ3) is 2.54. The number of alkyl halides is 1. The minimum atomic E-state index is -0.00425. The van der Waals surface area contributed by atoms with Crippen LogP contribution in [0.25, 0.3) is 0 Å². The second-order valence-electron chi connectivity index (χ2n) is 4.38. The van der Waals surface area contributed by atoms with E-state index in [-0.39, 0.29) is 5.41 Å². The lowest BCUT2D eigenvalue weighted by Gasteiger charge is -2.36. The van der Waals surface area contributed by atoms with Crippen LogP contribution in [0.1, 0.15) is 18.4 Å². The molecule has 0 atom stereocenters. The summed E-state index contributed by atoms with van der Waals surface area (Å²) in [6.07, 6.45) is 1.89. The van der Waals surface area contributed by atoms with Gasteiger partial charge in [-0.15, -0.1) is 11.6 Å². The van der Waals surface area contributed by atoms with E-state index in [4.69, 9.17) is 32.7 Å². The molecule has 1 saturated heterocycles. The Morgan fingerprint density at radius 1 is 1.35 bits per heavy atom. The van der Waals surface area contributed by atoms with Crippen molar-refractivity contribution in [2.75, 3.05) is 26.2 Å². The molecule has 0 N–H and O–H groups in total. The van der Waals surface area contributed by atoms with E-state index in [1.54, 1.807) is 7.11 Å². The highest BCUT2D eigenvalue weighted by Gasteiger charge is 2.34. The molecule has 0 radical (unpaired) electrons. The number of methoxy groups -OCH3 is 1. The summed E-state index contributed by atoms with van der Waals surface area (Å²) >= 11 is 12.3. The molecule has 17 heavy (non-hydrogen) atoms. The second-order valence-corrected chi connectivity index (χ2v) is 5.05. The van der Waals surface area contributed by atoms with Gasteiger partial charge >= 0.3 is 0 Å². The van der Waals surface area contributed by atoms with Crippen LogP contribution in [-0.4, -0.2) is 26.2 Å². The first-order chi connectivity index (χ1) is 8.22. The van der Waals surface area contributed by atoms with Crippen molar-refractivity contribution in [3.05, 3.63) is 28.8 Å². The summed E-state index contributed by atoms with van der Waals surface area (Å²) in [6.45, 7) is 1.52. The fourth-order valence-electron chi connectivity index (χ4n) is 2.26. The minimum absolute atomic E-state index is 0.00425. The van der Waals surface area contributed by atoms with Crippen LogP contribution in [0.5, 0.6) is 5.75 Å². The topological polar surface area (TPSA) is 18.5 Å². The molecule has 1 aliphatic heterocycles. The van der Waals surface area contributed by atoms with Gasteiger partial charge in [-0.1, -0.05) is 17.7 Å². The monoisotopic (exact) mass is 274 g/mol. The van der Waals surface area contributed by atoms with Crippen LogP contribution in [0.3, 0.4) is 0 Å². The smallest absolute Gasteiger partial charge is 0.137 e. The van der Waals surface area contributed by atoms with Gasteiger partial charge in [-0.2, -0.15) is 0 Å². The quantitative estimate of drug-likeness (QED) is 0.784. The number of ether oxygens (including phenoxy) is 2. The van der Waals surface area contributed by atoms with Crippen molar-refractivity contribution >= 4 is 23.2 Å². The summed E-state index contributed by atoms with van der Waals surface area (Å²) in [4.78, 5) is 0. The molecule has 1 aromatic rings. The Morgan fingerprint density at radius 3 is 2.59 bits per heavy atom. The van der Waals surface area contributed by atoms with Crippen molar-refractivity contribution in [2.45, 2.75) is 18.3 Å². The Labute approximate surface area is 112 Å². The molecule has 0 aliphatic carbocycles. The fraction of sp³-hybridized carbons (Fsp3) is 0.538. The molecule has 0 bridgehead atoms. The zero-order chi connectivity index (χ0) is 12.3. The van der Waals surface area contributed by atoms with E-state index in [1.165, 1.54) is 5.56 Å². The summed E-state index contributed by atoms with van der Waals surface area (Å²) in [5, 5.41) is 0.640. The van der Waals surface area contributed by atoms with Crippen molar-refractivity contribution in [2.24, 2.45) is 0 Å². The molecule has 2 rings (SSSR count). The lowest BCUT2D eigenvalue weighted by atomic mass is 9.76. The standard InChI is InChI=1S/C13H16Cl2O2/c1-16-12-3-2-10(8-11(12)15)13(9-14)4-6-17-7-5-13/h2-3,8H,4-7,9H2,1H3. The van der Waals surface area contributed by atoms with Gasteiger partial charge in [0.1, 0.15) is 5.75 Å². The first-order valence-electron chi connectivity index (χ1n) is 5.69. The number of hydrogen-bond acceptors (Lipinski definition) is 2. The van der Waals surface area contributed by atoms with Gasteiger partial charge in [0.25, 0.3) is 0 Å². The summed E-state index contributed by atoms with van der Waals surface area (Å²) < 4.78 is 10.6. The highest BCUT2D eigenvalue weighted by atomic mass is 35.5. The molecule has 1 heterocycles. The Hall–Kier alpha value is -0.440. The van der Waals surface area contributed by atoms with Crippen LogP contribution < -0.4 is 4.74 Å². The van der Waals surface area contributed by atoms with Gasteiger partial charge in [0.2, 0.25) is 0 Å². The van der Waals surface area contributed by atoms with Gasteiger partial charge in [0.05, 0.1) is 12.1 Å². The van der Waals surface area contributed by atoms with Gasteiger partial charge in [-0.05, 0) is 30.5 Å². The van der Waals surface area contributed by atoms with E-state index in [0.29, 0.717) is 16.7 Å². The minimum Gasteiger partial charge on any atom is -0.495 e. The molecule has 2 nitrogen and oxygen atoms in total. The average Bonchev–Trinajstić information content (AvgIpc) is 2.39. The van der Waals surface area contributed by atoms with E-state index in [9.17, 15) is 0 Å². The first-order valence-corrected chi connectivity index (χ1v) is 6.61. The normalized spacial score (nSPS) is 19.0. The first kappa shape index (κ1) is 13.0. The van der Waals surface area contributed by atoms with Crippen molar-refractivity contribution in [1.29, 1.82) is 0 Å². The van der Waals surface area contributed by atoms with Gasteiger partial charge in [-0.25, -0.2) is 0 Å². The summed E-state index contributed by atoms with van der Waals surface area (Å²) in [5.74, 6) is 1.30. The molecule has 1 aliphatic rings. The molecule has 0 spiro atoms. The molecule has 1 aromatic carbocycles. The Morgan fingerprint density at radius 2 is 2.06 bits per heavy atom. The third-order valence-electron chi connectivity index (χ3n) is 3.47. The Kier molecular flexibility index (Phi) is 4.18. The van der Waals surface area contributed by atoms with Crippen molar-refractivity contribution in [3.8, 4) is 5.75 Å². The highest BCUT2D eigenvalue weighted by Crippen LogP contribution is 2.38. The summed E-state index contributed by atoms with van der Waals surface area (Å²) in [5.41, 5.74) is 1.18. The maximum Gasteiger partial charge on any atom is 0.137 e. The maximum atomic E-state index is 6.17. The predicted octanol–water partition coefficient (Wildman–Crippen LogP) is 3.64. The van der Waals surface area contributed by atoms with Crippen molar-refractivity contribution in [3.63, 3.8) is 0 Å². The van der Waals surface area contributed by atoms with E-state index in [2.05, 4.69) is 6.07 Å². The van der Waals surface area contributed by atoms with Crippen LogP contribution in [-0.2, 0) is 10.2 Å². The molecular formula is C13H16Cl2O2. The second kappa shape index (κ2) is 5.47. The molecule has 4 heteroatoms. The predicted molar refractivity (Wildman–Crippen MR) is 70.5 cm³/mol. The summed E-state index contributed by atoms with van der Waals surface area (Å²) in [6, 6.07) is 5.92. The number of rotatable bonds is 3. The molecule has 0 unspecified atom stereocenters. The van der Waals surface area contributed by atoms with E-state index < -0.39 is 0 Å². The van der Waals surface area contributed by atoms with Gasteiger partial charge < -0.3 is 9.47 Å². The number of halogens is 2. The van der Waals surface area contributed by atoms with Crippen molar-refractivity contribution in [1.82, 2.24) is 0 Å². The lowest BCUT2D eigenvalue weighted by molar-refractivity contribution is 0.0575. The Bertz CT molecular complexity index is 387. The van der Waals surface area contributed by atoms with E-state index in [0.717, 1.165) is 26.1 Å². The van der Waals surface area contributed by atoms with Crippen LogP contribution in [0.4, 0.5) is 0 Å². The lowest BCUT2D eigenvalue weighted by Crippen LogP contribution is -2.35.